The number of nitrogens with one attached hydrogen (secondary N) is 1. The maximum absolute atomic E-state index is 9.43. The van der Waals surface area contributed by atoms with Crippen LogP contribution in [0.15, 0.2) is 18.6 Å². The molecule has 0 atom stereocenters. The van der Waals surface area contributed by atoms with E-state index >= 15 is 0 Å². The number of carboxylic acids is 2. The van der Waals surface area contributed by atoms with Gasteiger partial charge in [0.2, 0.25) is 0 Å². The number of aromatic nitrogens is 2. The second-order valence-corrected chi connectivity index (χ2v) is 2.31. The quantitative estimate of drug-likeness (QED) is 0.608. The van der Waals surface area contributed by atoms with Gasteiger partial charge in [0.15, 0.2) is 0 Å². The first-order valence-corrected chi connectivity index (χ1v) is 3.93. The lowest BCUT2D eigenvalue weighted by molar-refractivity contribution is -0.147. The standard InChI is InChI=1S/C5H7N3.C3H4O4/c1-6-5-2-3-7-4-8-5;4-2(5)1-3(6)7/h2-4H,1H3,(H,6,7,8);1H2,(H,4,5)(H,6,7). The van der Waals surface area contributed by atoms with Gasteiger partial charge in [-0.15, -0.1) is 0 Å². The lowest BCUT2D eigenvalue weighted by Gasteiger charge is -1.92. The summed E-state index contributed by atoms with van der Waals surface area (Å²) in [5.41, 5.74) is 0. The molecule has 0 aliphatic heterocycles. The SMILES string of the molecule is CNc1ccncn1.O=C(O)CC(=O)O. The summed E-state index contributed by atoms with van der Waals surface area (Å²) in [6.45, 7) is 0. The summed E-state index contributed by atoms with van der Waals surface area (Å²) in [7, 11) is 1.82. The molecule has 1 heterocycles. The van der Waals surface area contributed by atoms with E-state index in [1.54, 1.807) is 12.3 Å². The van der Waals surface area contributed by atoms with Crippen molar-refractivity contribution in [1.29, 1.82) is 0 Å². The van der Waals surface area contributed by atoms with E-state index in [-0.39, 0.29) is 0 Å². The van der Waals surface area contributed by atoms with Crippen LogP contribution in [0.2, 0.25) is 0 Å². The van der Waals surface area contributed by atoms with Gasteiger partial charge in [-0.3, -0.25) is 9.59 Å². The van der Waals surface area contributed by atoms with Crippen LogP contribution in [0.4, 0.5) is 5.82 Å². The first kappa shape index (κ1) is 12.8. The van der Waals surface area contributed by atoms with E-state index in [0.29, 0.717) is 0 Å². The average Bonchev–Trinajstić information content (AvgIpc) is 2.18. The molecule has 3 N–H and O–H groups in total. The highest BCUT2D eigenvalue weighted by Crippen LogP contribution is 1.93. The van der Waals surface area contributed by atoms with E-state index in [1.165, 1.54) is 6.33 Å². The zero-order valence-electron chi connectivity index (χ0n) is 8.04. The van der Waals surface area contributed by atoms with Gasteiger partial charge in [-0.2, -0.15) is 0 Å². The van der Waals surface area contributed by atoms with Gasteiger partial charge in [-0.05, 0) is 6.07 Å². The van der Waals surface area contributed by atoms with Gasteiger partial charge in [0, 0.05) is 13.2 Å². The zero-order chi connectivity index (χ0) is 11.7. The number of hydrogen-bond acceptors (Lipinski definition) is 5. The topological polar surface area (TPSA) is 112 Å². The molecule has 0 unspecified atom stereocenters. The zero-order valence-corrected chi connectivity index (χ0v) is 8.04. The Bertz CT molecular complexity index is 303. The van der Waals surface area contributed by atoms with Crippen molar-refractivity contribution in [3.05, 3.63) is 18.6 Å². The molecule has 1 rings (SSSR count). The third-order valence-electron chi connectivity index (χ3n) is 1.14. The Labute approximate surface area is 85.8 Å². The lowest BCUT2D eigenvalue weighted by Crippen LogP contribution is -2.03. The average molecular weight is 213 g/mol. The molecule has 0 amide bonds. The van der Waals surface area contributed by atoms with Crippen molar-refractivity contribution in [3.63, 3.8) is 0 Å². The number of carboxylic acid groups (broad SMARTS) is 2. The summed E-state index contributed by atoms with van der Waals surface area (Å²) in [5, 5.41) is 18.3. The van der Waals surface area contributed by atoms with Gasteiger partial charge in [-0.1, -0.05) is 0 Å². The highest BCUT2D eigenvalue weighted by Gasteiger charge is 2.01. The fourth-order valence-corrected chi connectivity index (χ4v) is 0.568. The van der Waals surface area contributed by atoms with Crippen molar-refractivity contribution in [2.24, 2.45) is 0 Å². The molecule has 0 fully saturated rings. The van der Waals surface area contributed by atoms with E-state index in [2.05, 4.69) is 15.3 Å². The molecule has 0 radical (unpaired) electrons. The molecule has 15 heavy (non-hydrogen) atoms. The number of nitrogens with zero attached hydrogens (tertiary/aromatic N) is 2. The van der Waals surface area contributed by atoms with Gasteiger partial charge in [0.05, 0.1) is 0 Å². The second-order valence-electron chi connectivity index (χ2n) is 2.31. The Hall–Kier alpha value is -2.18. The summed E-state index contributed by atoms with van der Waals surface area (Å²) in [6, 6.07) is 1.81. The van der Waals surface area contributed by atoms with Crippen LogP contribution in [0, 0.1) is 0 Å². The van der Waals surface area contributed by atoms with Crippen molar-refractivity contribution in [2.75, 3.05) is 12.4 Å². The molecule has 0 saturated heterocycles. The molecule has 7 nitrogen and oxygen atoms in total. The number of carbonyl (C=O) groups is 2. The Morgan fingerprint density at radius 1 is 1.40 bits per heavy atom. The Balaban J connectivity index is 0.000000265. The number of aliphatic carboxylic acids is 2. The van der Waals surface area contributed by atoms with Crippen LogP contribution < -0.4 is 5.32 Å². The molecule has 7 heteroatoms. The van der Waals surface area contributed by atoms with Crippen LogP contribution in [0.5, 0.6) is 0 Å². The molecular formula is C8H11N3O4. The van der Waals surface area contributed by atoms with Gasteiger partial charge in [0.25, 0.3) is 0 Å². The van der Waals surface area contributed by atoms with Gasteiger partial charge in [0.1, 0.15) is 18.6 Å². The van der Waals surface area contributed by atoms with E-state index < -0.39 is 18.4 Å². The van der Waals surface area contributed by atoms with Crippen LogP contribution in [0.3, 0.4) is 0 Å². The fraction of sp³-hybridized carbons (Fsp3) is 0.250. The minimum absolute atomic E-state index is 0.806. The highest BCUT2D eigenvalue weighted by atomic mass is 16.4. The van der Waals surface area contributed by atoms with E-state index in [9.17, 15) is 9.59 Å². The molecule has 1 aromatic rings. The lowest BCUT2D eigenvalue weighted by atomic mass is 10.5. The minimum atomic E-state index is -1.31. The van der Waals surface area contributed by atoms with Crippen LogP contribution in [0.1, 0.15) is 6.42 Å². The highest BCUT2D eigenvalue weighted by molar-refractivity contribution is 5.88. The maximum atomic E-state index is 9.43. The summed E-state index contributed by atoms with van der Waals surface area (Å²) < 4.78 is 0. The summed E-state index contributed by atoms with van der Waals surface area (Å²) in [4.78, 5) is 26.5. The Morgan fingerprint density at radius 3 is 2.20 bits per heavy atom. The largest absolute Gasteiger partial charge is 0.481 e. The van der Waals surface area contributed by atoms with Crippen LogP contribution in [-0.4, -0.2) is 39.2 Å². The molecular weight excluding hydrogens is 202 g/mol. The maximum Gasteiger partial charge on any atom is 0.314 e. The fourth-order valence-electron chi connectivity index (χ4n) is 0.568. The van der Waals surface area contributed by atoms with Crippen molar-refractivity contribution in [1.82, 2.24) is 9.97 Å². The summed E-state index contributed by atoms with van der Waals surface area (Å²) in [5.74, 6) is -1.78. The molecule has 0 aliphatic carbocycles. The minimum Gasteiger partial charge on any atom is -0.481 e. The molecule has 82 valence electrons. The van der Waals surface area contributed by atoms with Crippen LogP contribution in [-0.2, 0) is 9.59 Å². The van der Waals surface area contributed by atoms with Gasteiger partial charge < -0.3 is 15.5 Å². The number of anilines is 1. The van der Waals surface area contributed by atoms with Gasteiger partial charge in [-0.25, -0.2) is 9.97 Å². The monoisotopic (exact) mass is 213 g/mol. The summed E-state index contributed by atoms with van der Waals surface area (Å²) in [6.07, 6.45) is 2.39. The summed E-state index contributed by atoms with van der Waals surface area (Å²) >= 11 is 0. The van der Waals surface area contributed by atoms with Gasteiger partial charge >= 0.3 is 11.9 Å². The first-order chi connectivity index (χ1) is 7.06. The van der Waals surface area contributed by atoms with Crippen molar-refractivity contribution >= 4 is 17.8 Å². The van der Waals surface area contributed by atoms with E-state index in [4.69, 9.17) is 10.2 Å². The van der Waals surface area contributed by atoms with Crippen LogP contribution >= 0.6 is 0 Å². The molecule has 0 bridgehead atoms. The Morgan fingerprint density at radius 2 is 2.00 bits per heavy atom. The van der Waals surface area contributed by atoms with E-state index in [1.807, 2.05) is 7.05 Å². The number of rotatable bonds is 3. The number of hydrogen-bond donors (Lipinski definition) is 3. The molecule has 0 aromatic carbocycles. The smallest absolute Gasteiger partial charge is 0.314 e. The first-order valence-electron chi connectivity index (χ1n) is 3.93. The van der Waals surface area contributed by atoms with Crippen molar-refractivity contribution in [3.8, 4) is 0 Å². The molecule has 0 spiro atoms. The predicted molar refractivity (Wildman–Crippen MR) is 51.5 cm³/mol. The van der Waals surface area contributed by atoms with Crippen molar-refractivity contribution < 1.29 is 19.8 Å². The predicted octanol–water partition coefficient (Wildman–Crippen LogP) is 0.0640. The molecule has 1 aromatic heterocycles. The normalized spacial score (nSPS) is 8.33. The Kier molecular flexibility index (Phi) is 6.19. The van der Waals surface area contributed by atoms with E-state index in [0.717, 1.165) is 5.82 Å². The molecule has 0 saturated carbocycles. The van der Waals surface area contributed by atoms with Crippen molar-refractivity contribution in [2.45, 2.75) is 6.42 Å². The third kappa shape index (κ3) is 8.16. The second kappa shape index (κ2) is 7.25. The van der Waals surface area contributed by atoms with Crippen LogP contribution in [0.25, 0.3) is 0 Å². The molecule has 0 aliphatic rings. The third-order valence-corrected chi connectivity index (χ3v) is 1.14.